The van der Waals surface area contributed by atoms with Crippen LogP contribution < -0.4 is 0 Å². The van der Waals surface area contributed by atoms with Crippen molar-refractivity contribution in [1.29, 1.82) is 0 Å². The summed E-state index contributed by atoms with van der Waals surface area (Å²) in [5.74, 6) is 7.40. The van der Waals surface area contributed by atoms with Gasteiger partial charge in [0.05, 0.1) is 0 Å². The van der Waals surface area contributed by atoms with Crippen LogP contribution in [0.25, 0.3) is 0 Å². The molecule has 0 spiro atoms. The Bertz CT molecular complexity index is 226. The average Bonchev–Trinajstić information content (AvgIpc) is 1.90. The predicted octanol–water partition coefficient (Wildman–Crippen LogP) is 0.667. The van der Waals surface area contributed by atoms with Crippen molar-refractivity contribution in [3.05, 3.63) is 11.1 Å². The molecule has 2 radical (unpaired) electrons. The average molecular weight is 111 g/mol. The minimum absolute atomic E-state index is 0. The minimum atomic E-state index is 0. The Kier molecular flexibility index (Phi) is 0.288. The van der Waals surface area contributed by atoms with E-state index in [-0.39, 0.29) is 10.1 Å². The third-order valence-corrected chi connectivity index (χ3v) is 4.65. The van der Waals surface area contributed by atoms with E-state index in [0.717, 1.165) is 0 Å². The van der Waals surface area contributed by atoms with Crippen molar-refractivity contribution in [2.24, 2.45) is 35.5 Å². The van der Waals surface area contributed by atoms with Crippen LogP contribution in [0.5, 0.6) is 0 Å². The maximum atomic E-state index is 1.97. The maximum absolute atomic E-state index is 1.97. The summed E-state index contributed by atoms with van der Waals surface area (Å²) in [5.41, 5.74) is 3.93. The van der Waals surface area contributed by atoms with E-state index in [9.17, 15) is 0 Å². The molecule has 0 bridgehead atoms. The van der Waals surface area contributed by atoms with Gasteiger partial charge in [0.15, 0.2) is 0 Å². The first-order chi connectivity index (χ1) is 4.00. The molecule has 6 rings (SSSR count). The molecule has 9 heavy (non-hydrogen) atoms. The van der Waals surface area contributed by atoms with E-state index in [2.05, 4.69) is 0 Å². The largest absolute Gasteiger partial charge is 0.0623 e. The molecule has 0 aromatic carbocycles. The molecule has 4 saturated carbocycles. The van der Waals surface area contributed by atoms with Crippen LogP contribution in [-0.4, -0.2) is 10.1 Å². The van der Waals surface area contributed by atoms with E-state index in [1.165, 1.54) is 35.5 Å². The monoisotopic (exact) mass is 111 g/mol. The van der Waals surface area contributed by atoms with Crippen molar-refractivity contribution >= 4 is 10.1 Å². The van der Waals surface area contributed by atoms with Gasteiger partial charge in [-0.3, -0.25) is 0 Å². The Morgan fingerprint density at radius 1 is 0.667 bits per heavy atom. The van der Waals surface area contributed by atoms with Crippen LogP contribution in [0.15, 0.2) is 11.1 Å². The fourth-order valence-corrected chi connectivity index (χ4v) is 4.46. The Hall–Kier alpha value is -0.0912. The minimum Gasteiger partial charge on any atom is -0.0623 e. The van der Waals surface area contributed by atoms with Gasteiger partial charge in [0.25, 0.3) is 0 Å². The first-order valence-corrected chi connectivity index (χ1v) is 3.74. The maximum Gasteiger partial charge on any atom is 0 e. The second-order valence-corrected chi connectivity index (χ2v) is 4.17. The van der Waals surface area contributed by atoms with Gasteiger partial charge in [-0.2, -0.15) is 0 Å². The molecule has 0 nitrogen and oxygen atoms in total. The van der Waals surface area contributed by atoms with Gasteiger partial charge in [0.1, 0.15) is 0 Å². The molecule has 0 N–H and O–H groups in total. The van der Waals surface area contributed by atoms with E-state index >= 15 is 0 Å². The van der Waals surface area contributed by atoms with Gasteiger partial charge in [0.2, 0.25) is 0 Å². The van der Waals surface area contributed by atoms with E-state index in [1.54, 1.807) is 0 Å². The molecule has 0 amide bonds. The predicted molar refractivity (Wildman–Crippen MR) is 33.7 cm³/mol. The number of allylic oxidation sites excluding steroid dienone is 2. The first-order valence-electron chi connectivity index (χ1n) is 3.74. The summed E-state index contributed by atoms with van der Waals surface area (Å²) in [6.07, 6.45) is 0. The second kappa shape index (κ2) is 0.660. The standard InChI is InChI=1S/C8H6.Be/c1-2-5-3(1)7-4(1)6(2)8(5)7;/h1-6H;. The van der Waals surface area contributed by atoms with Crippen molar-refractivity contribution in [2.45, 2.75) is 0 Å². The van der Waals surface area contributed by atoms with Gasteiger partial charge in [0, 0.05) is 10.1 Å². The summed E-state index contributed by atoms with van der Waals surface area (Å²) in [6, 6.07) is 0. The van der Waals surface area contributed by atoms with Crippen LogP contribution in [0.3, 0.4) is 0 Å². The van der Waals surface area contributed by atoms with Crippen LogP contribution in [0.4, 0.5) is 0 Å². The topological polar surface area (TPSA) is 0 Å². The molecule has 1 heteroatoms. The molecule has 0 saturated heterocycles. The Morgan fingerprint density at radius 2 is 1.00 bits per heavy atom. The molecule has 4 atom stereocenters. The van der Waals surface area contributed by atoms with Crippen molar-refractivity contribution in [2.75, 3.05) is 0 Å². The fraction of sp³-hybridized carbons (Fsp3) is 0.750. The summed E-state index contributed by atoms with van der Waals surface area (Å²) in [5, 5.41) is 0. The van der Waals surface area contributed by atoms with Gasteiger partial charge in [-0.1, -0.05) is 11.1 Å². The normalized spacial score (nSPS) is 80.0. The molecular weight excluding hydrogens is 105 g/mol. The molecular formula is C8H6Be. The number of rotatable bonds is 0. The summed E-state index contributed by atoms with van der Waals surface area (Å²) in [7, 11) is 0. The van der Waals surface area contributed by atoms with Crippen LogP contribution in [0, 0.1) is 35.5 Å². The van der Waals surface area contributed by atoms with Crippen molar-refractivity contribution < 1.29 is 0 Å². The molecule has 40 valence electrons. The summed E-state index contributed by atoms with van der Waals surface area (Å²) < 4.78 is 0. The summed E-state index contributed by atoms with van der Waals surface area (Å²) >= 11 is 0. The summed E-state index contributed by atoms with van der Waals surface area (Å²) in [6.45, 7) is 0. The molecule has 0 aliphatic heterocycles. The molecule has 0 aromatic rings. The van der Waals surface area contributed by atoms with Crippen molar-refractivity contribution in [1.82, 2.24) is 0 Å². The zero-order valence-electron chi connectivity index (χ0n) is 5.17. The van der Waals surface area contributed by atoms with Crippen molar-refractivity contribution in [3.63, 3.8) is 0 Å². The van der Waals surface area contributed by atoms with Gasteiger partial charge < -0.3 is 0 Å². The molecule has 4 fully saturated rings. The molecule has 0 heterocycles. The van der Waals surface area contributed by atoms with Gasteiger partial charge in [-0.25, -0.2) is 0 Å². The van der Waals surface area contributed by atoms with Gasteiger partial charge in [-0.15, -0.1) is 0 Å². The fourth-order valence-electron chi connectivity index (χ4n) is 4.46. The molecule has 0 aromatic heterocycles. The zero-order valence-corrected chi connectivity index (χ0v) is 5.17. The van der Waals surface area contributed by atoms with Crippen LogP contribution in [0.1, 0.15) is 0 Å². The van der Waals surface area contributed by atoms with Crippen LogP contribution in [-0.2, 0) is 0 Å². The smallest absolute Gasteiger partial charge is 0 e. The number of hydrogen-bond acceptors (Lipinski definition) is 0. The molecule has 4 unspecified atom stereocenters. The van der Waals surface area contributed by atoms with Gasteiger partial charge >= 0.3 is 0 Å². The Morgan fingerprint density at radius 3 is 1.11 bits per heavy atom. The SMILES string of the molecule is C12=C3C4C1C1C2C3C41.[Be]. The molecule has 6 aliphatic carbocycles. The van der Waals surface area contributed by atoms with Crippen LogP contribution in [0.2, 0.25) is 0 Å². The quantitative estimate of drug-likeness (QED) is 0.318. The Balaban J connectivity index is 0.000000288. The van der Waals surface area contributed by atoms with Gasteiger partial charge in [-0.05, 0) is 35.5 Å². The van der Waals surface area contributed by atoms with Crippen molar-refractivity contribution in [3.8, 4) is 0 Å². The third kappa shape index (κ3) is 0.120. The first kappa shape index (κ1) is 3.93. The van der Waals surface area contributed by atoms with E-state index < -0.39 is 0 Å². The zero-order chi connectivity index (χ0) is 4.62. The van der Waals surface area contributed by atoms with E-state index in [4.69, 9.17) is 0 Å². The third-order valence-electron chi connectivity index (χ3n) is 4.65. The van der Waals surface area contributed by atoms with E-state index in [0.29, 0.717) is 0 Å². The second-order valence-electron chi connectivity index (χ2n) is 4.17. The summed E-state index contributed by atoms with van der Waals surface area (Å²) in [4.78, 5) is 0. The molecule has 6 aliphatic rings. The Labute approximate surface area is 57.5 Å². The van der Waals surface area contributed by atoms with Crippen LogP contribution >= 0.6 is 0 Å². The number of hydrogen-bond donors (Lipinski definition) is 0. The van der Waals surface area contributed by atoms with E-state index in [1.807, 2.05) is 11.1 Å².